The Morgan fingerprint density at radius 2 is 2.43 bits per heavy atom. The number of halogens is 2. The average molecular weight is 292 g/mol. The molecule has 0 radical (unpaired) electrons. The fourth-order valence-corrected chi connectivity index (χ4v) is 2.55. The lowest BCUT2D eigenvalue weighted by atomic mass is 10.1. The highest BCUT2D eigenvalue weighted by atomic mass is 79.9. The third-order valence-corrected chi connectivity index (χ3v) is 3.50. The van der Waals surface area contributed by atoms with Gasteiger partial charge >= 0.3 is 0 Å². The van der Waals surface area contributed by atoms with E-state index in [1.165, 1.54) is 5.56 Å². The molecule has 0 amide bonds. The van der Waals surface area contributed by atoms with Crippen molar-refractivity contribution in [1.29, 1.82) is 0 Å². The van der Waals surface area contributed by atoms with Crippen LogP contribution in [0, 0.1) is 0 Å². The van der Waals surface area contributed by atoms with Gasteiger partial charge in [0.25, 0.3) is 0 Å². The molecule has 1 unspecified atom stereocenters. The van der Waals surface area contributed by atoms with Crippen molar-refractivity contribution in [2.24, 2.45) is 0 Å². The van der Waals surface area contributed by atoms with Crippen LogP contribution >= 0.6 is 38.9 Å². The van der Waals surface area contributed by atoms with Crippen LogP contribution in [0.1, 0.15) is 16.5 Å². The number of alkyl halides is 1. The van der Waals surface area contributed by atoms with Crippen LogP contribution in [0.25, 0.3) is 0 Å². The van der Waals surface area contributed by atoms with Gasteiger partial charge in [0.1, 0.15) is 0 Å². The average Bonchev–Trinajstić information content (AvgIpc) is 2.75. The van der Waals surface area contributed by atoms with Crippen molar-refractivity contribution < 1.29 is 4.42 Å². The summed E-state index contributed by atoms with van der Waals surface area (Å²) in [5, 5.41) is 4.16. The smallest absolute Gasteiger partial charge is 0.169 e. The molecule has 4 heteroatoms. The SMILES string of the molecule is ClC(Cc1ccsc1)c1coc(Br)c1. The Kier molecular flexibility index (Phi) is 3.31. The highest BCUT2D eigenvalue weighted by Gasteiger charge is 2.11. The molecule has 0 spiro atoms. The highest BCUT2D eigenvalue weighted by Crippen LogP contribution is 2.28. The second-order valence-electron chi connectivity index (χ2n) is 2.99. The number of hydrogen-bond acceptors (Lipinski definition) is 2. The predicted octanol–water partition coefficient (Wildman–Crippen LogP) is 4.63. The Bertz CT molecular complexity index is 396. The molecule has 74 valence electrons. The van der Waals surface area contributed by atoms with Gasteiger partial charge in [-0.05, 0) is 50.8 Å². The lowest BCUT2D eigenvalue weighted by molar-refractivity contribution is 0.538. The van der Waals surface area contributed by atoms with Crippen molar-refractivity contribution in [3.63, 3.8) is 0 Å². The van der Waals surface area contributed by atoms with Crippen LogP contribution < -0.4 is 0 Å². The van der Waals surface area contributed by atoms with E-state index in [0.717, 1.165) is 16.7 Å². The molecule has 2 heterocycles. The predicted molar refractivity (Wildman–Crippen MR) is 63.0 cm³/mol. The summed E-state index contributed by atoms with van der Waals surface area (Å²) >= 11 is 11.2. The molecule has 14 heavy (non-hydrogen) atoms. The minimum absolute atomic E-state index is 0.0142. The molecular formula is C10H8BrClOS. The van der Waals surface area contributed by atoms with Gasteiger partial charge in [-0.1, -0.05) is 0 Å². The van der Waals surface area contributed by atoms with E-state index in [4.69, 9.17) is 16.0 Å². The van der Waals surface area contributed by atoms with Gasteiger partial charge in [-0.25, -0.2) is 0 Å². The molecule has 1 atom stereocenters. The first-order valence-electron chi connectivity index (χ1n) is 4.15. The topological polar surface area (TPSA) is 13.1 Å². The Morgan fingerprint density at radius 3 is 3.00 bits per heavy atom. The third-order valence-electron chi connectivity index (χ3n) is 1.94. The molecule has 0 aliphatic rings. The molecule has 0 N–H and O–H groups in total. The number of thiophene rings is 1. The number of hydrogen-bond donors (Lipinski definition) is 0. The van der Waals surface area contributed by atoms with E-state index in [-0.39, 0.29) is 5.38 Å². The van der Waals surface area contributed by atoms with Crippen LogP contribution in [0.2, 0.25) is 0 Å². The van der Waals surface area contributed by atoms with Crippen LogP contribution in [-0.2, 0) is 6.42 Å². The van der Waals surface area contributed by atoms with Crippen LogP contribution in [0.4, 0.5) is 0 Å². The summed E-state index contributed by atoms with van der Waals surface area (Å²) in [6.07, 6.45) is 2.53. The summed E-state index contributed by atoms with van der Waals surface area (Å²) in [6, 6.07) is 4.00. The summed E-state index contributed by atoms with van der Waals surface area (Å²) in [7, 11) is 0. The normalized spacial score (nSPS) is 13.0. The highest BCUT2D eigenvalue weighted by molar-refractivity contribution is 9.10. The van der Waals surface area contributed by atoms with Crippen LogP contribution in [-0.4, -0.2) is 0 Å². The van der Waals surface area contributed by atoms with Crippen molar-refractivity contribution in [3.05, 3.63) is 45.0 Å². The maximum absolute atomic E-state index is 6.23. The van der Waals surface area contributed by atoms with E-state index in [1.54, 1.807) is 17.6 Å². The maximum Gasteiger partial charge on any atom is 0.169 e. The van der Waals surface area contributed by atoms with Crippen LogP contribution in [0.15, 0.2) is 38.2 Å². The van der Waals surface area contributed by atoms with Gasteiger partial charge in [-0.3, -0.25) is 0 Å². The largest absolute Gasteiger partial charge is 0.457 e. The van der Waals surface area contributed by atoms with E-state index >= 15 is 0 Å². The number of furan rings is 1. The second-order valence-corrected chi connectivity index (χ2v) is 5.08. The third kappa shape index (κ3) is 2.41. The van der Waals surface area contributed by atoms with Crippen LogP contribution in [0.5, 0.6) is 0 Å². The van der Waals surface area contributed by atoms with E-state index in [2.05, 4.69) is 32.8 Å². The first kappa shape index (κ1) is 10.3. The van der Waals surface area contributed by atoms with Crippen molar-refractivity contribution in [2.75, 3.05) is 0 Å². The lowest BCUT2D eigenvalue weighted by Crippen LogP contribution is -1.92. The van der Waals surface area contributed by atoms with E-state index in [9.17, 15) is 0 Å². The van der Waals surface area contributed by atoms with Gasteiger partial charge in [-0.2, -0.15) is 11.3 Å². The van der Waals surface area contributed by atoms with Gasteiger partial charge in [0.15, 0.2) is 4.67 Å². The summed E-state index contributed by atoms with van der Waals surface area (Å²) in [6.45, 7) is 0. The van der Waals surface area contributed by atoms with E-state index in [0.29, 0.717) is 0 Å². The van der Waals surface area contributed by atoms with Gasteiger partial charge < -0.3 is 4.42 Å². The van der Waals surface area contributed by atoms with Crippen molar-refractivity contribution in [2.45, 2.75) is 11.8 Å². The van der Waals surface area contributed by atoms with E-state index < -0.39 is 0 Å². The fourth-order valence-electron chi connectivity index (χ4n) is 1.22. The second kappa shape index (κ2) is 4.51. The summed E-state index contributed by atoms with van der Waals surface area (Å²) in [5.41, 5.74) is 2.29. The number of rotatable bonds is 3. The van der Waals surface area contributed by atoms with Gasteiger partial charge in [0, 0.05) is 5.56 Å². The molecule has 0 saturated carbocycles. The van der Waals surface area contributed by atoms with Crippen molar-refractivity contribution in [3.8, 4) is 0 Å². The summed E-state index contributed by atoms with van der Waals surface area (Å²) in [5.74, 6) is 0. The Morgan fingerprint density at radius 1 is 1.57 bits per heavy atom. The zero-order valence-electron chi connectivity index (χ0n) is 7.24. The van der Waals surface area contributed by atoms with Gasteiger partial charge in [0.05, 0.1) is 11.6 Å². The molecule has 2 aromatic heterocycles. The Hall–Kier alpha value is -0.250. The molecule has 1 nitrogen and oxygen atoms in total. The molecule has 0 fully saturated rings. The molecule has 2 aromatic rings. The van der Waals surface area contributed by atoms with Gasteiger partial charge in [-0.15, -0.1) is 11.6 Å². The minimum Gasteiger partial charge on any atom is -0.457 e. The molecule has 0 aromatic carbocycles. The van der Waals surface area contributed by atoms with E-state index in [1.807, 2.05) is 6.07 Å². The van der Waals surface area contributed by atoms with Gasteiger partial charge in [0.2, 0.25) is 0 Å². The molecule has 0 bridgehead atoms. The first-order valence-corrected chi connectivity index (χ1v) is 6.32. The lowest BCUT2D eigenvalue weighted by Gasteiger charge is -2.03. The Labute approximate surface area is 99.8 Å². The summed E-state index contributed by atoms with van der Waals surface area (Å²) < 4.78 is 5.87. The molecule has 0 aliphatic carbocycles. The molecule has 0 saturated heterocycles. The molecule has 2 rings (SSSR count). The zero-order chi connectivity index (χ0) is 9.97. The quantitative estimate of drug-likeness (QED) is 0.752. The van der Waals surface area contributed by atoms with Crippen molar-refractivity contribution in [1.82, 2.24) is 0 Å². The monoisotopic (exact) mass is 290 g/mol. The fraction of sp³-hybridized carbons (Fsp3) is 0.200. The molecular weight excluding hydrogens is 284 g/mol. The Balaban J connectivity index is 2.06. The van der Waals surface area contributed by atoms with Crippen molar-refractivity contribution >= 4 is 38.9 Å². The standard InChI is InChI=1S/C10H8BrClOS/c11-10-4-8(5-13-10)9(12)3-7-1-2-14-6-7/h1-2,4-6,9H,3H2. The zero-order valence-corrected chi connectivity index (χ0v) is 10.4. The summed E-state index contributed by atoms with van der Waals surface area (Å²) in [4.78, 5) is 0. The van der Waals surface area contributed by atoms with Crippen LogP contribution in [0.3, 0.4) is 0 Å². The first-order chi connectivity index (χ1) is 6.75. The molecule has 0 aliphatic heterocycles. The maximum atomic E-state index is 6.23. The minimum atomic E-state index is -0.0142.